The third-order valence-corrected chi connectivity index (χ3v) is 3.10. The number of aromatic hydroxyl groups is 1. The number of hydrogen-bond donors (Lipinski definition) is 2. The maximum Gasteiger partial charge on any atom is 0.316 e. The van der Waals surface area contributed by atoms with Crippen molar-refractivity contribution >= 4 is 23.2 Å². The lowest BCUT2D eigenvalue weighted by atomic mass is 10.2. The van der Waals surface area contributed by atoms with Crippen molar-refractivity contribution in [3.05, 3.63) is 54.1 Å². The van der Waals surface area contributed by atoms with Crippen LogP contribution in [0.4, 0.5) is 11.4 Å². The lowest BCUT2D eigenvalue weighted by Crippen LogP contribution is -2.37. The monoisotopic (exact) mass is 284 g/mol. The van der Waals surface area contributed by atoms with Crippen LogP contribution in [0.25, 0.3) is 0 Å². The largest absolute Gasteiger partial charge is 0.508 e. The number of phenols is 1. The number of carbonyl (C=O) groups is 2. The quantitative estimate of drug-likeness (QED) is 0.656. The van der Waals surface area contributed by atoms with Crippen LogP contribution in [0.5, 0.6) is 5.75 Å². The molecular weight excluding hydrogens is 268 g/mol. The molecule has 0 saturated carbocycles. The van der Waals surface area contributed by atoms with Crippen molar-refractivity contribution in [2.75, 3.05) is 17.3 Å². The van der Waals surface area contributed by atoms with Gasteiger partial charge in [0.25, 0.3) is 0 Å². The van der Waals surface area contributed by atoms with Crippen molar-refractivity contribution < 1.29 is 14.7 Å². The Labute approximate surface area is 122 Å². The number of nitrogens with one attached hydrogen (secondary N) is 1. The van der Waals surface area contributed by atoms with Gasteiger partial charge in [-0.05, 0) is 42.8 Å². The molecule has 0 aliphatic heterocycles. The van der Waals surface area contributed by atoms with E-state index >= 15 is 0 Å². The molecule has 2 rings (SSSR count). The normalized spacial score (nSPS) is 10.0. The predicted octanol–water partition coefficient (Wildman–Crippen LogP) is 2.30. The number of nitrogens with zero attached hydrogens (tertiary/aromatic N) is 1. The van der Waals surface area contributed by atoms with Gasteiger partial charge in [0.1, 0.15) is 5.75 Å². The highest BCUT2D eigenvalue weighted by molar-refractivity contribution is 6.44. The second-order valence-electron chi connectivity index (χ2n) is 4.65. The number of aryl methyl sites for hydroxylation is 1. The van der Waals surface area contributed by atoms with Crippen LogP contribution in [-0.4, -0.2) is 24.0 Å². The molecule has 0 fully saturated rings. The summed E-state index contributed by atoms with van der Waals surface area (Å²) in [6.07, 6.45) is 0. The second-order valence-corrected chi connectivity index (χ2v) is 4.65. The molecule has 5 nitrogen and oxygen atoms in total. The van der Waals surface area contributed by atoms with E-state index in [4.69, 9.17) is 0 Å². The fourth-order valence-electron chi connectivity index (χ4n) is 1.89. The second kappa shape index (κ2) is 6.09. The summed E-state index contributed by atoms with van der Waals surface area (Å²) in [5.74, 6) is -1.28. The SMILES string of the molecule is Cc1cc(O)ccc1NC(=O)C(=O)N(C)c1ccccc1. The molecule has 0 unspecified atom stereocenters. The van der Waals surface area contributed by atoms with E-state index in [0.29, 0.717) is 16.9 Å². The number of para-hydroxylation sites is 1. The fourth-order valence-corrected chi connectivity index (χ4v) is 1.89. The van der Waals surface area contributed by atoms with E-state index in [1.807, 2.05) is 6.07 Å². The first-order valence-corrected chi connectivity index (χ1v) is 6.42. The van der Waals surface area contributed by atoms with Gasteiger partial charge in [-0.15, -0.1) is 0 Å². The van der Waals surface area contributed by atoms with Gasteiger partial charge >= 0.3 is 11.8 Å². The highest BCUT2D eigenvalue weighted by atomic mass is 16.3. The van der Waals surface area contributed by atoms with Crippen LogP contribution in [0.2, 0.25) is 0 Å². The van der Waals surface area contributed by atoms with Crippen LogP contribution >= 0.6 is 0 Å². The summed E-state index contributed by atoms with van der Waals surface area (Å²) < 4.78 is 0. The van der Waals surface area contributed by atoms with E-state index in [2.05, 4.69) is 5.32 Å². The average molecular weight is 284 g/mol. The van der Waals surface area contributed by atoms with Gasteiger partial charge < -0.3 is 15.3 Å². The standard InChI is InChI=1S/C16H16N2O3/c1-11-10-13(19)8-9-14(11)17-15(20)16(21)18(2)12-6-4-3-5-7-12/h3-10,19H,1-2H3,(H,17,20). The summed E-state index contributed by atoms with van der Waals surface area (Å²) in [5.41, 5.74) is 1.81. The number of carbonyl (C=O) groups excluding carboxylic acids is 2. The number of phenolic OH excluding ortho intramolecular Hbond substituents is 1. The predicted molar refractivity (Wildman–Crippen MR) is 81.3 cm³/mol. The van der Waals surface area contributed by atoms with E-state index in [1.54, 1.807) is 44.3 Å². The lowest BCUT2D eigenvalue weighted by Gasteiger charge is -2.17. The van der Waals surface area contributed by atoms with Crippen molar-refractivity contribution in [1.82, 2.24) is 0 Å². The maximum atomic E-state index is 12.1. The van der Waals surface area contributed by atoms with Crippen molar-refractivity contribution in [2.45, 2.75) is 6.92 Å². The fraction of sp³-hybridized carbons (Fsp3) is 0.125. The lowest BCUT2D eigenvalue weighted by molar-refractivity contribution is -0.134. The van der Waals surface area contributed by atoms with E-state index in [1.165, 1.54) is 17.0 Å². The first-order chi connectivity index (χ1) is 9.99. The minimum absolute atomic E-state index is 0.109. The number of likely N-dealkylation sites (N-methyl/N-ethyl adjacent to an activating group) is 1. The summed E-state index contributed by atoms with van der Waals surface area (Å²) in [6.45, 7) is 1.74. The number of hydrogen-bond acceptors (Lipinski definition) is 3. The molecule has 108 valence electrons. The summed E-state index contributed by atoms with van der Waals surface area (Å²) in [6, 6.07) is 13.4. The van der Waals surface area contributed by atoms with E-state index < -0.39 is 11.8 Å². The molecule has 0 aromatic heterocycles. The summed E-state index contributed by atoms with van der Waals surface area (Å²) in [7, 11) is 1.54. The smallest absolute Gasteiger partial charge is 0.316 e. The van der Waals surface area contributed by atoms with Crippen LogP contribution in [0.15, 0.2) is 48.5 Å². The number of amides is 2. The van der Waals surface area contributed by atoms with Crippen LogP contribution in [-0.2, 0) is 9.59 Å². The summed E-state index contributed by atoms with van der Waals surface area (Å²) >= 11 is 0. The first kappa shape index (κ1) is 14.6. The van der Waals surface area contributed by atoms with E-state index in [9.17, 15) is 14.7 Å². The van der Waals surface area contributed by atoms with Crippen molar-refractivity contribution in [2.24, 2.45) is 0 Å². The Morgan fingerprint density at radius 2 is 1.76 bits per heavy atom. The molecule has 0 saturated heterocycles. The first-order valence-electron chi connectivity index (χ1n) is 6.42. The zero-order chi connectivity index (χ0) is 15.4. The molecule has 21 heavy (non-hydrogen) atoms. The molecule has 0 bridgehead atoms. The molecular formula is C16H16N2O3. The molecule has 2 amide bonds. The van der Waals surface area contributed by atoms with Gasteiger partial charge in [-0.1, -0.05) is 18.2 Å². The Balaban J connectivity index is 2.11. The van der Waals surface area contributed by atoms with Crippen molar-refractivity contribution in [3.8, 4) is 5.75 Å². The average Bonchev–Trinajstić information content (AvgIpc) is 2.49. The molecule has 0 radical (unpaired) electrons. The molecule has 2 aromatic carbocycles. The van der Waals surface area contributed by atoms with Crippen LogP contribution < -0.4 is 10.2 Å². The van der Waals surface area contributed by atoms with Gasteiger partial charge in [0.2, 0.25) is 0 Å². The van der Waals surface area contributed by atoms with Gasteiger partial charge in [-0.25, -0.2) is 0 Å². The Bertz CT molecular complexity index is 668. The Kier molecular flexibility index (Phi) is 4.23. The maximum absolute atomic E-state index is 12.1. The number of anilines is 2. The zero-order valence-electron chi connectivity index (χ0n) is 11.8. The molecule has 2 aromatic rings. The molecule has 0 aliphatic rings. The van der Waals surface area contributed by atoms with Crippen molar-refractivity contribution in [3.63, 3.8) is 0 Å². The third-order valence-electron chi connectivity index (χ3n) is 3.10. The third kappa shape index (κ3) is 3.39. The number of rotatable bonds is 2. The van der Waals surface area contributed by atoms with Crippen molar-refractivity contribution in [1.29, 1.82) is 0 Å². The summed E-state index contributed by atoms with van der Waals surface area (Å²) in [5, 5.41) is 11.9. The molecule has 0 aliphatic carbocycles. The van der Waals surface area contributed by atoms with Crippen LogP contribution in [0.3, 0.4) is 0 Å². The molecule has 0 spiro atoms. The Hall–Kier alpha value is -2.82. The molecule has 5 heteroatoms. The van der Waals surface area contributed by atoms with E-state index in [-0.39, 0.29) is 5.75 Å². The van der Waals surface area contributed by atoms with Gasteiger partial charge in [-0.3, -0.25) is 9.59 Å². The minimum atomic E-state index is -0.727. The van der Waals surface area contributed by atoms with E-state index in [0.717, 1.165) is 0 Å². The summed E-state index contributed by atoms with van der Waals surface area (Å²) in [4.78, 5) is 25.4. The Morgan fingerprint density at radius 1 is 1.10 bits per heavy atom. The molecule has 0 heterocycles. The molecule has 0 atom stereocenters. The molecule has 2 N–H and O–H groups in total. The number of benzene rings is 2. The van der Waals surface area contributed by atoms with Crippen LogP contribution in [0.1, 0.15) is 5.56 Å². The highest BCUT2D eigenvalue weighted by Gasteiger charge is 2.20. The van der Waals surface area contributed by atoms with Gasteiger partial charge in [-0.2, -0.15) is 0 Å². The van der Waals surface area contributed by atoms with Gasteiger partial charge in [0, 0.05) is 18.4 Å². The Morgan fingerprint density at radius 3 is 2.38 bits per heavy atom. The topological polar surface area (TPSA) is 69.6 Å². The highest BCUT2D eigenvalue weighted by Crippen LogP contribution is 2.20. The van der Waals surface area contributed by atoms with Crippen LogP contribution in [0, 0.1) is 6.92 Å². The van der Waals surface area contributed by atoms with Gasteiger partial charge in [0.15, 0.2) is 0 Å². The minimum Gasteiger partial charge on any atom is -0.508 e. The van der Waals surface area contributed by atoms with Gasteiger partial charge in [0.05, 0.1) is 0 Å². The zero-order valence-corrected chi connectivity index (χ0v) is 11.8.